The minimum Gasteiger partial charge on any atom is -0.337 e. The molecule has 2 aromatic carbocycles. The molecule has 3 aromatic rings. The normalized spacial score (nSPS) is 11.8. The van der Waals surface area contributed by atoms with E-state index in [-0.39, 0.29) is 17.6 Å². The van der Waals surface area contributed by atoms with E-state index in [1.165, 1.54) is 0 Å². The molecule has 0 aliphatic rings. The molecule has 0 radical (unpaired) electrons. The molecule has 0 spiro atoms. The molecule has 1 heterocycles. The number of hydrogen-bond donors (Lipinski definition) is 0. The molecule has 1 amide bonds. The first-order valence-electron chi connectivity index (χ1n) is 10.0. The fraction of sp³-hybridized carbons (Fsp3) is 0.292. The Labute approximate surface area is 172 Å². The number of hydrogen-bond acceptors (Lipinski definition) is 3. The van der Waals surface area contributed by atoms with Crippen molar-refractivity contribution in [1.82, 2.24) is 9.55 Å². The van der Waals surface area contributed by atoms with E-state index in [9.17, 15) is 9.59 Å². The summed E-state index contributed by atoms with van der Waals surface area (Å²) in [4.78, 5) is 31.1. The number of Topliss-reactive ketones (excluding diaryl/α,β-unsaturated/α-hetero) is 1. The number of benzene rings is 2. The zero-order chi connectivity index (χ0) is 20.6. The molecule has 1 aromatic heterocycles. The molecule has 5 heteroatoms. The lowest BCUT2D eigenvalue weighted by atomic mass is 9.88. The van der Waals surface area contributed by atoms with E-state index in [1.54, 1.807) is 24.3 Å². The zero-order valence-electron chi connectivity index (χ0n) is 17.0. The van der Waals surface area contributed by atoms with Crippen molar-refractivity contribution in [2.45, 2.75) is 45.6 Å². The van der Waals surface area contributed by atoms with Crippen LogP contribution in [0.2, 0.25) is 0 Å². The molecule has 150 valence electrons. The molecule has 0 N–H and O–H groups in total. The number of nitrogens with zero attached hydrogens (tertiary/aromatic N) is 3. The van der Waals surface area contributed by atoms with Crippen molar-refractivity contribution in [3.63, 3.8) is 0 Å². The standard InChI is InChI=1S/C24H27N3O2/c1-3-8-23(24(29)13-15-26-16-14-25-18-26)20-9-7-12-22(17-20)27(19(2)28)21-10-5-4-6-11-21/h4-7,9-12,14,16-18,23H,3,8,13,15H2,1-2H3. The number of amides is 1. The summed E-state index contributed by atoms with van der Waals surface area (Å²) >= 11 is 0. The maximum atomic E-state index is 13.0. The molecule has 0 fully saturated rings. The number of aromatic nitrogens is 2. The molecule has 29 heavy (non-hydrogen) atoms. The molecule has 5 nitrogen and oxygen atoms in total. The highest BCUT2D eigenvalue weighted by Gasteiger charge is 2.21. The largest absolute Gasteiger partial charge is 0.337 e. The van der Waals surface area contributed by atoms with Gasteiger partial charge in [-0.05, 0) is 36.2 Å². The fourth-order valence-electron chi connectivity index (χ4n) is 3.61. The van der Waals surface area contributed by atoms with Gasteiger partial charge in [-0.25, -0.2) is 4.98 Å². The predicted molar refractivity (Wildman–Crippen MR) is 115 cm³/mol. The predicted octanol–water partition coefficient (Wildman–Crippen LogP) is 5.11. The van der Waals surface area contributed by atoms with Gasteiger partial charge in [-0.3, -0.25) is 14.5 Å². The summed E-state index contributed by atoms with van der Waals surface area (Å²) in [6, 6.07) is 17.4. The maximum absolute atomic E-state index is 13.0. The molecule has 0 saturated carbocycles. The lowest BCUT2D eigenvalue weighted by Gasteiger charge is -2.23. The van der Waals surface area contributed by atoms with Crippen molar-refractivity contribution in [3.05, 3.63) is 78.9 Å². The molecule has 0 aliphatic carbocycles. The van der Waals surface area contributed by atoms with E-state index >= 15 is 0 Å². The summed E-state index contributed by atoms with van der Waals surface area (Å²) in [7, 11) is 0. The van der Waals surface area contributed by atoms with E-state index in [4.69, 9.17) is 0 Å². The van der Waals surface area contributed by atoms with Crippen LogP contribution in [0.5, 0.6) is 0 Å². The van der Waals surface area contributed by atoms with E-state index < -0.39 is 0 Å². The van der Waals surface area contributed by atoms with Crippen LogP contribution in [0, 0.1) is 0 Å². The number of imidazole rings is 1. The number of aryl methyl sites for hydroxylation is 1. The van der Waals surface area contributed by atoms with Crippen molar-refractivity contribution < 1.29 is 9.59 Å². The van der Waals surface area contributed by atoms with Crippen molar-refractivity contribution >= 4 is 23.1 Å². The Kier molecular flexibility index (Phi) is 6.95. The second kappa shape index (κ2) is 9.82. The van der Waals surface area contributed by atoms with Crippen molar-refractivity contribution in [2.75, 3.05) is 4.90 Å². The Morgan fingerprint density at radius 1 is 1.07 bits per heavy atom. The van der Waals surface area contributed by atoms with Crippen molar-refractivity contribution in [3.8, 4) is 0 Å². The lowest BCUT2D eigenvalue weighted by molar-refractivity contribution is -0.121. The number of carbonyl (C=O) groups is 2. The van der Waals surface area contributed by atoms with Gasteiger partial charge in [-0.15, -0.1) is 0 Å². The van der Waals surface area contributed by atoms with E-state index in [0.717, 1.165) is 29.8 Å². The van der Waals surface area contributed by atoms with Crippen LogP contribution in [0.15, 0.2) is 73.3 Å². The zero-order valence-corrected chi connectivity index (χ0v) is 17.0. The van der Waals surface area contributed by atoms with Gasteiger partial charge >= 0.3 is 0 Å². The third kappa shape index (κ3) is 5.19. The topological polar surface area (TPSA) is 55.2 Å². The van der Waals surface area contributed by atoms with Gasteiger partial charge in [-0.1, -0.05) is 43.7 Å². The van der Waals surface area contributed by atoms with Gasteiger partial charge in [-0.2, -0.15) is 0 Å². The van der Waals surface area contributed by atoms with E-state index in [1.807, 2.05) is 65.4 Å². The minimum atomic E-state index is -0.173. The van der Waals surface area contributed by atoms with Gasteiger partial charge in [0.05, 0.1) is 6.33 Å². The molecular formula is C24H27N3O2. The Balaban J connectivity index is 1.85. The minimum absolute atomic E-state index is 0.0631. The van der Waals surface area contributed by atoms with Crippen LogP contribution in [0.4, 0.5) is 11.4 Å². The molecule has 0 aliphatic heterocycles. The molecule has 1 atom stereocenters. The van der Waals surface area contributed by atoms with Crippen molar-refractivity contribution in [2.24, 2.45) is 0 Å². The highest BCUT2D eigenvalue weighted by molar-refractivity contribution is 5.99. The van der Waals surface area contributed by atoms with Crippen LogP contribution >= 0.6 is 0 Å². The summed E-state index contributed by atoms with van der Waals surface area (Å²) < 4.78 is 1.92. The smallest absolute Gasteiger partial charge is 0.228 e. The quantitative estimate of drug-likeness (QED) is 0.511. The van der Waals surface area contributed by atoms with Gasteiger partial charge in [0.25, 0.3) is 0 Å². The first kappa shape index (κ1) is 20.5. The van der Waals surface area contributed by atoms with Crippen molar-refractivity contribution in [1.29, 1.82) is 0 Å². The Hall–Kier alpha value is -3.21. The molecular weight excluding hydrogens is 362 g/mol. The Bertz CT molecular complexity index is 936. The summed E-state index contributed by atoms with van der Waals surface area (Å²) in [5, 5.41) is 0. The SMILES string of the molecule is CCCC(C(=O)CCn1ccnc1)c1cccc(N(C(C)=O)c2ccccc2)c1. The first-order valence-corrected chi connectivity index (χ1v) is 10.0. The van der Waals surface area contributed by atoms with Crippen LogP contribution < -0.4 is 4.90 Å². The second-order valence-electron chi connectivity index (χ2n) is 7.14. The summed E-state index contributed by atoms with van der Waals surface area (Å²) in [5.74, 6) is -0.0216. The maximum Gasteiger partial charge on any atom is 0.228 e. The number of rotatable bonds is 9. The third-order valence-electron chi connectivity index (χ3n) is 5.00. The molecule has 0 saturated heterocycles. The van der Waals surface area contributed by atoms with Gasteiger partial charge < -0.3 is 4.57 Å². The van der Waals surface area contributed by atoms with E-state index in [0.29, 0.717) is 13.0 Å². The highest BCUT2D eigenvalue weighted by atomic mass is 16.2. The number of carbonyl (C=O) groups excluding carboxylic acids is 2. The van der Waals surface area contributed by atoms with Gasteiger partial charge in [0.2, 0.25) is 5.91 Å². The Morgan fingerprint density at radius 3 is 2.48 bits per heavy atom. The Morgan fingerprint density at radius 2 is 1.83 bits per heavy atom. The number of anilines is 2. The van der Waals surface area contributed by atoms with Gasteiger partial charge in [0, 0.05) is 49.6 Å². The summed E-state index contributed by atoms with van der Waals surface area (Å²) in [6.07, 6.45) is 7.48. The highest BCUT2D eigenvalue weighted by Crippen LogP contribution is 2.31. The first-order chi connectivity index (χ1) is 14.1. The second-order valence-corrected chi connectivity index (χ2v) is 7.14. The lowest BCUT2D eigenvalue weighted by Crippen LogP contribution is -2.23. The fourth-order valence-corrected chi connectivity index (χ4v) is 3.61. The monoisotopic (exact) mass is 389 g/mol. The summed E-state index contributed by atoms with van der Waals surface area (Å²) in [6.45, 7) is 4.27. The number of ketones is 1. The molecule has 1 unspecified atom stereocenters. The van der Waals surface area contributed by atoms with Crippen LogP contribution in [-0.4, -0.2) is 21.2 Å². The number of para-hydroxylation sites is 1. The van der Waals surface area contributed by atoms with Gasteiger partial charge in [0.15, 0.2) is 0 Å². The van der Waals surface area contributed by atoms with E-state index in [2.05, 4.69) is 11.9 Å². The molecule has 0 bridgehead atoms. The van der Waals surface area contributed by atoms with Crippen LogP contribution in [-0.2, 0) is 16.1 Å². The average Bonchev–Trinajstić information content (AvgIpc) is 3.25. The van der Waals surface area contributed by atoms with Gasteiger partial charge in [0.1, 0.15) is 5.78 Å². The van der Waals surface area contributed by atoms with Crippen LogP contribution in [0.3, 0.4) is 0 Å². The molecule has 3 rings (SSSR count). The third-order valence-corrected chi connectivity index (χ3v) is 5.00. The van der Waals surface area contributed by atoms with Crippen LogP contribution in [0.1, 0.15) is 44.6 Å². The summed E-state index contributed by atoms with van der Waals surface area (Å²) in [5.41, 5.74) is 2.56. The van der Waals surface area contributed by atoms with Crippen LogP contribution in [0.25, 0.3) is 0 Å². The average molecular weight is 389 g/mol.